The zero-order valence-electron chi connectivity index (χ0n) is 10.7. The number of rotatable bonds is 6. The van der Waals surface area contributed by atoms with Gasteiger partial charge < -0.3 is 11.1 Å². The number of hydrogen-bond donors (Lipinski definition) is 2. The van der Waals surface area contributed by atoms with Crippen molar-refractivity contribution in [2.45, 2.75) is 32.4 Å². The summed E-state index contributed by atoms with van der Waals surface area (Å²) in [4.78, 5) is 12.2. The first-order valence-corrected chi connectivity index (χ1v) is 6.96. The van der Waals surface area contributed by atoms with Crippen LogP contribution in [0.1, 0.15) is 27.7 Å². The summed E-state index contributed by atoms with van der Waals surface area (Å²) in [5, 5.41) is 2.91. The van der Waals surface area contributed by atoms with E-state index in [9.17, 15) is 4.79 Å². The maximum Gasteiger partial charge on any atom is 0.230 e. The molecular formula is C11H22N2OS2. The second-order valence-electron chi connectivity index (χ2n) is 4.81. The lowest BCUT2D eigenvalue weighted by molar-refractivity contribution is -0.124. The van der Waals surface area contributed by atoms with Crippen molar-refractivity contribution in [2.75, 3.05) is 12.8 Å². The average Bonchev–Trinajstić information content (AvgIpc) is 2.14. The van der Waals surface area contributed by atoms with Crippen LogP contribution in [-0.2, 0) is 4.79 Å². The quantitative estimate of drug-likeness (QED) is 0.717. The van der Waals surface area contributed by atoms with Crippen LogP contribution in [0.5, 0.6) is 0 Å². The fourth-order valence-corrected chi connectivity index (χ4v) is 1.84. The van der Waals surface area contributed by atoms with Gasteiger partial charge in [-0.3, -0.25) is 4.79 Å². The number of amides is 1. The van der Waals surface area contributed by atoms with E-state index >= 15 is 0 Å². The highest BCUT2D eigenvalue weighted by molar-refractivity contribution is 7.99. The van der Waals surface area contributed by atoms with Gasteiger partial charge in [0.15, 0.2) is 0 Å². The van der Waals surface area contributed by atoms with E-state index in [0.29, 0.717) is 6.54 Å². The van der Waals surface area contributed by atoms with Crippen molar-refractivity contribution in [3.63, 3.8) is 0 Å². The SMILES string of the molecule is CSC(C)(C)CNC(=O)C(C(N)=S)C(C)C. The Labute approximate surface area is 108 Å². The number of carbonyl (C=O) groups excluding carboxylic acids is 1. The van der Waals surface area contributed by atoms with E-state index in [1.54, 1.807) is 11.8 Å². The van der Waals surface area contributed by atoms with Crippen LogP contribution in [0.3, 0.4) is 0 Å². The molecule has 1 atom stereocenters. The van der Waals surface area contributed by atoms with Gasteiger partial charge in [0.2, 0.25) is 5.91 Å². The van der Waals surface area contributed by atoms with E-state index < -0.39 is 0 Å². The molecule has 0 aliphatic rings. The second kappa shape index (κ2) is 6.45. The molecule has 3 nitrogen and oxygen atoms in total. The first kappa shape index (κ1) is 15.7. The highest BCUT2D eigenvalue weighted by atomic mass is 32.2. The minimum Gasteiger partial charge on any atom is -0.393 e. The largest absolute Gasteiger partial charge is 0.393 e. The Hall–Kier alpha value is -0.290. The Morgan fingerprint density at radius 2 is 2.00 bits per heavy atom. The van der Waals surface area contributed by atoms with Crippen molar-refractivity contribution in [1.29, 1.82) is 0 Å². The summed E-state index contributed by atoms with van der Waals surface area (Å²) >= 11 is 6.64. The first-order valence-electron chi connectivity index (χ1n) is 5.33. The summed E-state index contributed by atoms with van der Waals surface area (Å²) in [7, 11) is 0. The van der Waals surface area contributed by atoms with Crippen LogP contribution in [0, 0.1) is 11.8 Å². The molecule has 0 aliphatic carbocycles. The molecule has 5 heteroatoms. The predicted molar refractivity (Wildman–Crippen MR) is 75.7 cm³/mol. The molecule has 0 aromatic carbocycles. The molecule has 0 aromatic rings. The number of thioether (sulfide) groups is 1. The Morgan fingerprint density at radius 1 is 1.50 bits per heavy atom. The minimum absolute atomic E-state index is 0.0351. The van der Waals surface area contributed by atoms with Crippen LogP contribution in [0.25, 0.3) is 0 Å². The maximum atomic E-state index is 11.9. The van der Waals surface area contributed by atoms with Crippen LogP contribution < -0.4 is 11.1 Å². The van der Waals surface area contributed by atoms with Gasteiger partial charge in [-0.25, -0.2) is 0 Å². The molecule has 0 fully saturated rings. The van der Waals surface area contributed by atoms with Crippen molar-refractivity contribution in [3.05, 3.63) is 0 Å². The summed E-state index contributed by atoms with van der Waals surface area (Å²) in [6.45, 7) is 8.69. The predicted octanol–water partition coefficient (Wildman–Crippen LogP) is 1.80. The Kier molecular flexibility index (Phi) is 6.33. The molecule has 0 bridgehead atoms. The topological polar surface area (TPSA) is 55.1 Å². The van der Waals surface area contributed by atoms with Crippen molar-refractivity contribution < 1.29 is 4.79 Å². The number of nitrogens with one attached hydrogen (secondary N) is 1. The zero-order chi connectivity index (χ0) is 12.9. The Bertz CT molecular complexity index is 265. The second-order valence-corrected chi connectivity index (χ2v) is 6.79. The van der Waals surface area contributed by atoms with E-state index in [1.165, 1.54) is 0 Å². The van der Waals surface area contributed by atoms with Crippen molar-refractivity contribution in [1.82, 2.24) is 5.32 Å². The van der Waals surface area contributed by atoms with Crippen LogP contribution >= 0.6 is 24.0 Å². The normalized spacial score (nSPS) is 13.6. The van der Waals surface area contributed by atoms with Crippen LogP contribution in [0.15, 0.2) is 0 Å². The van der Waals surface area contributed by atoms with Gasteiger partial charge in [0.1, 0.15) is 0 Å². The highest BCUT2D eigenvalue weighted by Crippen LogP contribution is 2.20. The van der Waals surface area contributed by atoms with Gasteiger partial charge in [-0.2, -0.15) is 11.8 Å². The molecule has 0 spiro atoms. The standard InChI is InChI=1S/C11H22N2OS2/c1-7(2)8(9(12)15)10(14)13-6-11(3,4)16-5/h7-8H,6H2,1-5H3,(H2,12,15)(H,13,14). The zero-order valence-corrected chi connectivity index (χ0v) is 12.3. The van der Waals surface area contributed by atoms with E-state index in [4.69, 9.17) is 18.0 Å². The molecule has 0 aliphatic heterocycles. The van der Waals surface area contributed by atoms with E-state index in [0.717, 1.165) is 0 Å². The molecular weight excluding hydrogens is 240 g/mol. The lowest BCUT2D eigenvalue weighted by atomic mass is 9.95. The van der Waals surface area contributed by atoms with Gasteiger partial charge in [0.25, 0.3) is 0 Å². The average molecular weight is 262 g/mol. The van der Waals surface area contributed by atoms with Gasteiger partial charge in [-0.15, -0.1) is 0 Å². The summed E-state index contributed by atoms with van der Waals surface area (Å²) in [5.41, 5.74) is 5.58. The molecule has 0 radical (unpaired) electrons. The molecule has 0 rings (SSSR count). The summed E-state index contributed by atoms with van der Waals surface area (Å²) < 4.78 is 0.0351. The van der Waals surface area contributed by atoms with Crippen molar-refractivity contribution in [2.24, 2.45) is 17.6 Å². The van der Waals surface area contributed by atoms with E-state index in [2.05, 4.69) is 19.2 Å². The number of carbonyl (C=O) groups is 1. The molecule has 0 aromatic heterocycles. The molecule has 94 valence electrons. The molecule has 0 saturated carbocycles. The molecule has 1 unspecified atom stereocenters. The van der Waals surface area contributed by atoms with Crippen LogP contribution in [0.2, 0.25) is 0 Å². The van der Waals surface area contributed by atoms with E-state index in [1.807, 2.05) is 20.1 Å². The van der Waals surface area contributed by atoms with Gasteiger partial charge in [0.05, 0.1) is 10.9 Å². The summed E-state index contributed by atoms with van der Waals surface area (Å²) in [6, 6.07) is 0. The van der Waals surface area contributed by atoms with Gasteiger partial charge in [0, 0.05) is 11.3 Å². The smallest absolute Gasteiger partial charge is 0.230 e. The van der Waals surface area contributed by atoms with Crippen molar-refractivity contribution in [3.8, 4) is 0 Å². The maximum absolute atomic E-state index is 11.9. The van der Waals surface area contributed by atoms with E-state index in [-0.39, 0.29) is 27.5 Å². The molecule has 0 saturated heterocycles. The lowest BCUT2D eigenvalue weighted by Crippen LogP contribution is -2.44. The van der Waals surface area contributed by atoms with Crippen LogP contribution in [-0.4, -0.2) is 28.4 Å². The fraction of sp³-hybridized carbons (Fsp3) is 0.818. The molecule has 0 heterocycles. The Balaban J connectivity index is 4.39. The van der Waals surface area contributed by atoms with Gasteiger partial charge in [-0.05, 0) is 26.0 Å². The summed E-state index contributed by atoms with van der Waals surface area (Å²) in [6.07, 6.45) is 2.03. The lowest BCUT2D eigenvalue weighted by Gasteiger charge is -2.25. The molecule has 3 N–H and O–H groups in total. The number of nitrogens with two attached hydrogens (primary N) is 1. The van der Waals surface area contributed by atoms with Crippen LogP contribution in [0.4, 0.5) is 0 Å². The number of hydrogen-bond acceptors (Lipinski definition) is 3. The molecule has 1 amide bonds. The summed E-state index contributed by atoms with van der Waals surface area (Å²) in [5.74, 6) is -0.299. The minimum atomic E-state index is -0.368. The van der Waals surface area contributed by atoms with Gasteiger partial charge >= 0.3 is 0 Å². The fourth-order valence-electron chi connectivity index (χ4n) is 1.24. The monoisotopic (exact) mass is 262 g/mol. The van der Waals surface area contributed by atoms with Crippen molar-refractivity contribution >= 4 is 34.9 Å². The molecule has 16 heavy (non-hydrogen) atoms. The highest BCUT2D eigenvalue weighted by Gasteiger charge is 2.26. The first-order chi connectivity index (χ1) is 7.21. The third kappa shape index (κ3) is 5.16. The third-order valence-electron chi connectivity index (χ3n) is 2.50. The van der Waals surface area contributed by atoms with Gasteiger partial charge in [-0.1, -0.05) is 26.1 Å². The Morgan fingerprint density at radius 3 is 2.31 bits per heavy atom. The third-order valence-corrected chi connectivity index (χ3v) is 4.00. The number of thiocarbonyl (C=S) groups is 1.